The Morgan fingerprint density at radius 3 is 2.36 bits per heavy atom. The lowest BCUT2D eigenvalue weighted by Gasteiger charge is -2.14. The molecule has 0 spiro atoms. The summed E-state index contributed by atoms with van der Waals surface area (Å²) in [7, 11) is 0. The minimum atomic E-state index is -0.129. The highest BCUT2D eigenvalue weighted by atomic mass is 16.2. The Morgan fingerprint density at radius 2 is 1.68 bits per heavy atom. The smallest absolute Gasteiger partial charge is 0.243 e. The van der Waals surface area contributed by atoms with Crippen molar-refractivity contribution >= 4 is 28.9 Å². The van der Waals surface area contributed by atoms with Gasteiger partial charge in [-0.3, -0.25) is 9.59 Å². The fourth-order valence-corrected chi connectivity index (χ4v) is 2.62. The van der Waals surface area contributed by atoms with Gasteiger partial charge < -0.3 is 16.0 Å². The van der Waals surface area contributed by atoms with Crippen molar-refractivity contribution in [3.05, 3.63) is 53.6 Å². The van der Waals surface area contributed by atoms with E-state index < -0.39 is 0 Å². The van der Waals surface area contributed by atoms with Crippen LogP contribution in [-0.4, -0.2) is 18.4 Å². The standard InChI is InChI=1S/C20H23N3O2/c1-13-5-3-6-16(11-13)21-12-19(24)22-17-7-4-8-18(14(17)2)23-20(25)15-9-10-15/h3-8,11,15,21H,9-10,12H2,1-2H3,(H,22,24)(H,23,25). The fourth-order valence-electron chi connectivity index (χ4n) is 2.62. The molecular weight excluding hydrogens is 314 g/mol. The van der Waals surface area contributed by atoms with E-state index in [4.69, 9.17) is 0 Å². The molecular formula is C20H23N3O2. The number of rotatable bonds is 6. The molecule has 130 valence electrons. The number of hydrogen-bond donors (Lipinski definition) is 3. The molecule has 0 atom stereocenters. The first-order valence-corrected chi connectivity index (χ1v) is 8.54. The molecule has 0 saturated heterocycles. The van der Waals surface area contributed by atoms with E-state index in [-0.39, 0.29) is 24.3 Å². The van der Waals surface area contributed by atoms with Crippen LogP contribution in [0.25, 0.3) is 0 Å². The van der Waals surface area contributed by atoms with Crippen LogP contribution in [0, 0.1) is 19.8 Å². The lowest BCUT2D eigenvalue weighted by atomic mass is 10.1. The van der Waals surface area contributed by atoms with E-state index in [0.717, 1.165) is 35.3 Å². The summed E-state index contributed by atoms with van der Waals surface area (Å²) in [6.45, 7) is 4.09. The molecule has 2 aromatic rings. The van der Waals surface area contributed by atoms with Gasteiger partial charge in [0, 0.05) is 23.0 Å². The van der Waals surface area contributed by atoms with Crippen molar-refractivity contribution in [3.8, 4) is 0 Å². The van der Waals surface area contributed by atoms with Gasteiger partial charge in [0.05, 0.1) is 6.54 Å². The molecule has 25 heavy (non-hydrogen) atoms. The number of carbonyl (C=O) groups is 2. The van der Waals surface area contributed by atoms with E-state index in [9.17, 15) is 9.59 Å². The van der Waals surface area contributed by atoms with Gasteiger partial charge in [-0.05, 0) is 62.1 Å². The Hall–Kier alpha value is -2.82. The fraction of sp³-hybridized carbons (Fsp3) is 0.300. The molecule has 5 nitrogen and oxygen atoms in total. The van der Waals surface area contributed by atoms with Crippen molar-refractivity contribution < 1.29 is 9.59 Å². The second kappa shape index (κ2) is 7.38. The van der Waals surface area contributed by atoms with E-state index >= 15 is 0 Å². The molecule has 0 unspecified atom stereocenters. The third-order valence-electron chi connectivity index (χ3n) is 4.29. The molecule has 5 heteroatoms. The number of aryl methyl sites for hydroxylation is 1. The molecule has 3 N–H and O–H groups in total. The van der Waals surface area contributed by atoms with Crippen LogP contribution in [-0.2, 0) is 9.59 Å². The summed E-state index contributed by atoms with van der Waals surface area (Å²) in [5, 5.41) is 8.96. The molecule has 1 saturated carbocycles. The zero-order valence-corrected chi connectivity index (χ0v) is 14.6. The van der Waals surface area contributed by atoms with Crippen LogP contribution in [0.5, 0.6) is 0 Å². The third-order valence-corrected chi connectivity index (χ3v) is 4.29. The monoisotopic (exact) mass is 337 g/mol. The zero-order valence-electron chi connectivity index (χ0n) is 14.6. The largest absolute Gasteiger partial charge is 0.376 e. The number of hydrogen-bond acceptors (Lipinski definition) is 3. The Bertz CT molecular complexity index is 797. The minimum absolute atomic E-state index is 0.0627. The average Bonchev–Trinajstić information content (AvgIpc) is 3.42. The van der Waals surface area contributed by atoms with Crippen LogP contribution < -0.4 is 16.0 Å². The Balaban J connectivity index is 1.59. The number of nitrogens with one attached hydrogen (secondary N) is 3. The highest BCUT2D eigenvalue weighted by Gasteiger charge is 2.29. The Morgan fingerprint density at radius 1 is 1.00 bits per heavy atom. The molecule has 1 aliphatic rings. The molecule has 0 radical (unpaired) electrons. The number of carbonyl (C=O) groups excluding carboxylic acids is 2. The summed E-state index contributed by atoms with van der Waals surface area (Å²) >= 11 is 0. The van der Waals surface area contributed by atoms with Gasteiger partial charge in [-0.2, -0.15) is 0 Å². The van der Waals surface area contributed by atoms with Crippen molar-refractivity contribution in [2.45, 2.75) is 26.7 Å². The summed E-state index contributed by atoms with van der Waals surface area (Å²) < 4.78 is 0. The van der Waals surface area contributed by atoms with Gasteiger partial charge in [0.15, 0.2) is 0 Å². The van der Waals surface area contributed by atoms with Crippen molar-refractivity contribution in [3.63, 3.8) is 0 Å². The van der Waals surface area contributed by atoms with Crippen molar-refractivity contribution in [2.24, 2.45) is 5.92 Å². The number of anilines is 3. The van der Waals surface area contributed by atoms with Gasteiger partial charge in [0.2, 0.25) is 11.8 Å². The Labute approximate surface area is 147 Å². The van der Waals surface area contributed by atoms with E-state index in [1.54, 1.807) is 0 Å². The first-order valence-electron chi connectivity index (χ1n) is 8.54. The van der Waals surface area contributed by atoms with Gasteiger partial charge in [0.1, 0.15) is 0 Å². The molecule has 0 aromatic heterocycles. The molecule has 2 amide bonds. The molecule has 2 aromatic carbocycles. The van der Waals surface area contributed by atoms with Gasteiger partial charge in [-0.25, -0.2) is 0 Å². The van der Waals surface area contributed by atoms with Crippen molar-refractivity contribution in [1.82, 2.24) is 0 Å². The molecule has 0 aliphatic heterocycles. The summed E-state index contributed by atoms with van der Waals surface area (Å²) in [6, 6.07) is 13.4. The normalized spacial score (nSPS) is 13.2. The van der Waals surface area contributed by atoms with E-state index in [1.165, 1.54) is 0 Å². The predicted octanol–water partition coefficient (Wildman–Crippen LogP) is 3.70. The van der Waals surface area contributed by atoms with Gasteiger partial charge >= 0.3 is 0 Å². The Kier molecular flexibility index (Phi) is 5.03. The lowest BCUT2D eigenvalue weighted by molar-refractivity contribution is -0.117. The summed E-state index contributed by atoms with van der Waals surface area (Å²) in [5.74, 6) is 0.0825. The van der Waals surface area contributed by atoms with Crippen molar-refractivity contribution in [1.29, 1.82) is 0 Å². The van der Waals surface area contributed by atoms with E-state index in [0.29, 0.717) is 5.69 Å². The maximum Gasteiger partial charge on any atom is 0.243 e. The van der Waals surface area contributed by atoms with Crippen LogP contribution in [0.2, 0.25) is 0 Å². The molecule has 3 rings (SSSR count). The average molecular weight is 337 g/mol. The van der Waals surface area contributed by atoms with Crippen LogP contribution in [0.1, 0.15) is 24.0 Å². The van der Waals surface area contributed by atoms with Crippen LogP contribution in [0.4, 0.5) is 17.1 Å². The quantitative estimate of drug-likeness (QED) is 0.753. The molecule has 1 aliphatic carbocycles. The van der Waals surface area contributed by atoms with Crippen LogP contribution >= 0.6 is 0 Å². The summed E-state index contributed by atoms with van der Waals surface area (Å²) in [6.07, 6.45) is 1.93. The lowest BCUT2D eigenvalue weighted by Crippen LogP contribution is -2.22. The number of amides is 2. The van der Waals surface area contributed by atoms with E-state index in [1.807, 2.05) is 56.3 Å². The van der Waals surface area contributed by atoms with Crippen LogP contribution in [0.3, 0.4) is 0 Å². The second-order valence-electron chi connectivity index (χ2n) is 6.51. The molecule has 1 fully saturated rings. The van der Waals surface area contributed by atoms with Gasteiger partial charge in [-0.1, -0.05) is 18.2 Å². The van der Waals surface area contributed by atoms with Gasteiger partial charge in [0.25, 0.3) is 0 Å². The molecule has 0 bridgehead atoms. The minimum Gasteiger partial charge on any atom is -0.376 e. The number of benzene rings is 2. The maximum atomic E-state index is 12.2. The van der Waals surface area contributed by atoms with Crippen molar-refractivity contribution in [2.75, 3.05) is 22.5 Å². The first-order chi connectivity index (χ1) is 12.0. The second-order valence-corrected chi connectivity index (χ2v) is 6.51. The SMILES string of the molecule is Cc1cccc(NCC(=O)Nc2cccc(NC(=O)C3CC3)c2C)c1. The van der Waals surface area contributed by atoms with Crippen LogP contribution in [0.15, 0.2) is 42.5 Å². The first kappa shape index (κ1) is 17.0. The summed E-state index contributed by atoms with van der Waals surface area (Å²) in [5.41, 5.74) is 4.38. The van der Waals surface area contributed by atoms with E-state index in [2.05, 4.69) is 16.0 Å². The summed E-state index contributed by atoms with van der Waals surface area (Å²) in [4.78, 5) is 24.2. The maximum absolute atomic E-state index is 12.2. The highest BCUT2D eigenvalue weighted by Crippen LogP contribution is 2.31. The highest BCUT2D eigenvalue weighted by molar-refractivity contribution is 5.98. The molecule has 0 heterocycles. The third kappa shape index (κ3) is 4.59. The topological polar surface area (TPSA) is 70.2 Å². The predicted molar refractivity (Wildman–Crippen MR) is 101 cm³/mol. The van der Waals surface area contributed by atoms with Gasteiger partial charge in [-0.15, -0.1) is 0 Å². The zero-order chi connectivity index (χ0) is 17.8.